The summed E-state index contributed by atoms with van der Waals surface area (Å²) >= 11 is 1.02. The number of benzene rings is 2. The van der Waals surface area contributed by atoms with Gasteiger partial charge < -0.3 is 24.1 Å². The monoisotopic (exact) mass is 459 g/mol. The highest BCUT2D eigenvalue weighted by Crippen LogP contribution is 2.51. The number of aromatic hydroxyl groups is 1. The van der Waals surface area contributed by atoms with Gasteiger partial charge in [-0.15, -0.1) is 0 Å². The number of fused-ring (bicyclic) bond motifs is 1. The Bertz CT molecular complexity index is 1040. The third-order valence-electron chi connectivity index (χ3n) is 5.67. The largest absolute Gasteiger partial charge is 0.504 e. The maximum Gasteiger partial charge on any atom is 0.286 e. The number of thioether (sulfide) groups is 1. The predicted molar refractivity (Wildman–Crippen MR) is 119 cm³/mol. The number of carbonyl (C=O) groups is 2. The third-order valence-corrected chi connectivity index (χ3v) is 6.65. The Kier molecular flexibility index (Phi) is 6.36. The van der Waals surface area contributed by atoms with Crippen molar-refractivity contribution in [2.24, 2.45) is 0 Å². The Balaban J connectivity index is 1.39. The van der Waals surface area contributed by atoms with Crippen LogP contribution >= 0.6 is 11.8 Å². The molecule has 2 unspecified atom stereocenters. The van der Waals surface area contributed by atoms with E-state index < -0.39 is 0 Å². The molecule has 1 fully saturated rings. The van der Waals surface area contributed by atoms with E-state index in [2.05, 4.69) is 5.32 Å². The molecule has 0 spiro atoms. The summed E-state index contributed by atoms with van der Waals surface area (Å²) in [5, 5.41) is 12.0. The zero-order chi connectivity index (χ0) is 22.8. The summed E-state index contributed by atoms with van der Waals surface area (Å²) in [6.07, 6.45) is 1.76. The fraction of sp³-hybridized carbons (Fsp3) is 0.391. The summed E-state index contributed by atoms with van der Waals surface area (Å²) in [6.45, 7) is 2.18. The van der Waals surface area contributed by atoms with Crippen molar-refractivity contribution in [3.63, 3.8) is 0 Å². The minimum absolute atomic E-state index is 0.0688. The first-order chi connectivity index (χ1) is 15.4. The van der Waals surface area contributed by atoms with Crippen LogP contribution in [0.25, 0.3) is 0 Å². The van der Waals surface area contributed by atoms with Crippen LogP contribution in [0, 0.1) is 6.92 Å². The number of imide groups is 1. The van der Waals surface area contributed by atoms with E-state index in [0.29, 0.717) is 30.3 Å². The normalized spacial score (nSPS) is 19.7. The number of phenolic OH excluding ortho intramolecular Hbond substituents is 1. The average Bonchev–Trinajstić information content (AvgIpc) is 3.11. The highest BCUT2D eigenvalue weighted by atomic mass is 32.2. The fourth-order valence-electron chi connectivity index (χ4n) is 3.93. The molecule has 2 amide bonds. The van der Waals surface area contributed by atoms with Crippen molar-refractivity contribution < 1.29 is 33.6 Å². The van der Waals surface area contributed by atoms with E-state index in [0.717, 1.165) is 41.3 Å². The maximum absolute atomic E-state index is 11.7. The Labute approximate surface area is 190 Å². The van der Waals surface area contributed by atoms with E-state index in [4.69, 9.17) is 18.9 Å². The summed E-state index contributed by atoms with van der Waals surface area (Å²) in [5.74, 6) is 1.74. The van der Waals surface area contributed by atoms with Gasteiger partial charge in [-0.2, -0.15) is 0 Å². The quantitative estimate of drug-likeness (QED) is 0.650. The second kappa shape index (κ2) is 9.20. The summed E-state index contributed by atoms with van der Waals surface area (Å²) < 4.78 is 22.9. The highest BCUT2D eigenvalue weighted by molar-refractivity contribution is 8.15. The first-order valence-corrected chi connectivity index (χ1v) is 11.2. The predicted octanol–water partition coefficient (Wildman–Crippen LogP) is 3.38. The summed E-state index contributed by atoms with van der Waals surface area (Å²) in [7, 11) is 2.99. The van der Waals surface area contributed by atoms with Crippen LogP contribution in [-0.2, 0) is 17.6 Å². The number of hydrogen-bond donors (Lipinski definition) is 2. The number of phenols is 1. The molecule has 2 aliphatic heterocycles. The van der Waals surface area contributed by atoms with Crippen LogP contribution in [-0.4, -0.2) is 48.4 Å². The Morgan fingerprint density at radius 1 is 1.16 bits per heavy atom. The van der Waals surface area contributed by atoms with Crippen molar-refractivity contribution >= 4 is 22.9 Å². The van der Waals surface area contributed by atoms with Gasteiger partial charge in [-0.05, 0) is 43.9 Å². The number of amides is 2. The van der Waals surface area contributed by atoms with Crippen molar-refractivity contribution in [1.29, 1.82) is 0 Å². The molecule has 1 saturated heterocycles. The van der Waals surface area contributed by atoms with Crippen LogP contribution in [0.2, 0.25) is 0 Å². The number of rotatable bonds is 7. The lowest BCUT2D eigenvalue weighted by Gasteiger charge is -2.29. The number of nitrogens with one attached hydrogen (secondary N) is 1. The number of carbonyl (C=O) groups excluding carboxylic acids is 2. The van der Waals surface area contributed by atoms with Gasteiger partial charge in [0.05, 0.1) is 19.5 Å². The summed E-state index contributed by atoms with van der Waals surface area (Å²) in [4.78, 5) is 23.0. The van der Waals surface area contributed by atoms with Gasteiger partial charge in [-0.1, -0.05) is 23.9 Å². The van der Waals surface area contributed by atoms with Crippen molar-refractivity contribution in [3.05, 3.63) is 41.0 Å². The molecule has 0 bridgehead atoms. The molecule has 170 valence electrons. The van der Waals surface area contributed by atoms with Crippen molar-refractivity contribution in [1.82, 2.24) is 5.32 Å². The first-order valence-electron chi connectivity index (χ1n) is 10.3. The number of methoxy groups -OCH3 is 2. The number of ether oxygens (including phenoxy) is 4. The van der Waals surface area contributed by atoms with E-state index in [-0.39, 0.29) is 34.0 Å². The molecular weight excluding hydrogens is 434 g/mol. The molecule has 2 N–H and O–H groups in total. The Morgan fingerprint density at radius 2 is 1.88 bits per heavy atom. The fourth-order valence-corrected chi connectivity index (χ4v) is 4.79. The molecule has 0 radical (unpaired) electrons. The molecule has 0 saturated carbocycles. The van der Waals surface area contributed by atoms with E-state index in [1.165, 1.54) is 14.2 Å². The third kappa shape index (κ3) is 4.29. The molecule has 32 heavy (non-hydrogen) atoms. The van der Waals surface area contributed by atoms with E-state index in [9.17, 15) is 14.7 Å². The first kappa shape index (κ1) is 22.1. The molecule has 2 heterocycles. The molecule has 2 atom stereocenters. The van der Waals surface area contributed by atoms with Gasteiger partial charge in [-0.3, -0.25) is 14.9 Å². The zero-order valence-corrected chi connectivity index (χ0v) is 18.9. The summed E-state index contributed by atoms with van der Waals surface area (Å²) in [5.41, 5.74) is 2.59. The molecule has 8 nitrogen and oxygen atoms in total. The minimum atomic E-state index is -0.389. The van der Waals surface area contributed by atoms with E-state index >= 15 is 0 Å². The lowest BCUT2D eigenvalue weighted by molar-refractivity contribution is -0.118. The van der Waals surface area contributed by atoms with Gasteiger partial charge in [0.25, 0.3) is 5.24 Å². The molecule has 0 aromatic heterocycles. The lowest BCUT2D eigenvalue weighted by atomic mass is 9.96. The molecule has 2 aromatic carbocycles. The standard InChI is InChI=1S/C23H25NO7S/c1-12-16-9-8-15(31-19(16)21(29-3)20(28-2)18(12)25)11-30-14-6-4-13(5-7-14)10-17-22(26)24-23(27)32-17/h4-7,15,17,25H,8-11H2,1-3H3,(H,24,26,27). The van der Waals surface area contributed by atoms with Crippen LogP contribution in [0.5, 0.6) is 28.7 Å². The topological polar surface area (TPSA) is 103 Å². The van der Waals surface area contributed by atoms with E-state index in [1.807, 2.05) is 31.2 Å². The average molecular weight is 460 g/mol. The van der Waals surface area contributed by atoms with E-state index in [1.54, 1.807) is 0 Å². The molecule has 4 rings (SSSR count). The van der Waals surface area contributed by atoms with Gasteiger partial charge >= 0.3 is 0 Å². The van der Waals surface area contributed by atoms with Gasteiger partial charge in [0.15, 0.2) is 11.5 Å². The van der Waals surface area contributed by atoms with Crippen LogP contribution in [0.15, 0.2) is 24.3 Å². The number of hydrogen-bond acceptors (Lipinski definition) is 8. The Morgan fingerprint density at radius 3 is 2.50 bits per heavy atom. The van der Waals surface area contributed by atoms with Crippen LogP contribution in [0.1, 0.15) is 23.1 Å². The SMILES string of the molecule is COc1c(O)c(C)c2c(c1OC)OC(COc1ccc(CC3SC(=O)NC3=O)cc1)CC2. The molecule has 2 aliphatic rings. The maximum atomic E-state index is 11.7. The molecular formula is C23H25NO7S. The van der Waals surface area contributed by atoms with Gasteiger partial charge in [0.1, 0.15) is 18.5 Å². The second-order valence-electron chi connectivity index (χ2n) is 7.67. The highest BCUT2D eigenvalue weighted by Gasteiger charge is 2.32. The van der Waals surface area contributed by atoms with Gasteiger partial charge in [0, 0.05) is 11.1 Å². The van der Waals surface area contributed by atoms with Crippen molar-refractivity contribution in [2.75, 3.05) is 20.8 Å². The lowest BCUT2D eigenvalue weighted by Crippen LogP contribution is -2.29. The molecule has 9 heteroatoms. The van der Waals surface area contributed by atoms with Gasteiger partial charge in [0.2, 0.25) is 17.4 Å². The zero-order valence-electron chi connectivity index (χ0n) is 18.1. The second-order valence-corrected chi connectivity index (χ2v) is 8.84. The minimum Gasteiger partial charge on any atom is -0.504 e. The molecule has 2 aromatic rings. The Hall–Kier alpha value is -3.07. The van der Waals surface area contributed by atoms with Crippen LogP contribution < -0.4 is 24.3 Å². The van der Waals surface area contributed by atoms with Crippen molar-refractivity contribution in [2.45, 2.75) is 37.5 Å². The van der Waals surface area contributed by atoms with Crippen molar-refractivity contribution in [3.8, 4) is 28.7 Å². The molecule has 0 aliphatic carbocycles. The van der Waals surface area contributed by atoms with Gasteiger partial charge in [-0.25, -0.2) is 0 Å². The summed E-state index contributed by atoms with van der Waals surface area (Å²) in [6, 6.07) is 7.47. The van der Waals surface area contributed by atoms with Crippen LogP contribution in [0.4, 0.5) is 4.79 Å². The smallest absolute Gasteiger partial charge is 0.286 e. The van der Waals surface area contributed by atoms with Crippen LogP contribution in [0.3, 0.4) is 0 Å².